The maximum absolute atomic E-state index is 12.6. The number of carboxylic acids is 1. The fourth-order valence-corrected chi connectivity index (χ4v) is 3.76. The fourth-order valence-electron chi connectivity index (χ4n) is 3.76. The molecule has 1 aliphatic rings. The standard InChI is InChI=1S/C21H25NO5/c1-21(2,3)27-20(25)22-12-11-15(18(22)19(23)24)17-14-8-6-5-7-13(14)9-10-16(17)26-4/h5-10,15,18H,11-12H2,1-4H3,(H,23,24). The molecule has 0 saturated carbocycles. The van der Waals surface area contributed by atoms with Crippen molar-refractivity contribution >= 4 is 22.8 Å². The molecular weight excluding hydrogens is 346 g/mol. The minimum atomic E-state index is -1.04. The average molecular weight is 371 g/mol. The molecule has 0 aromatic heterocycles. The van der Waals surface area contributed by atoms with Gasteiger partial charge in [0, 0.05) is 18.0 Å². The van der Waals surface area contributed by atoms with Gasteiger partial charge in [0.2, 0.25) is 0 Å². The number of carbonyl (C=O) groups excluding carboxylic acids is 1. The molecule has 1 N–H and O–H groups in total. The summed E-state index contributed by atoms with van der Waals surface area (Å²) in [6.45, 7) is 5.62. The minimum absolute atomic E-state index is 0.322. The number of hydrogen-bond donors (Lipinski definition) is 1. The van der Waals surface area contributed by atoms with Crippen molar-refractivity contribution in [1.82, 2.24) is 4.90 Å². The smallest absolute Gasteiger partial charge is 0.411 e. The normalized spacial score (nSPS) is 19.9. The van der Waals surface area contributed by atoms with Gasteiger partial charge >= 0.3 is 12.1 Å². The molecule has 1 fully saturated rings. The second-order valence-corrected chi connectivity index (χ2v) is 7.75. The largest absolute Gasteiger partial charge is 0.496 e. The Balaban J connectivity index is 2.06. The zero-order chi connectivity index (χ0) is 19.8. The van der Waals surface area contributed by atoms with E-state index in [4.69, 9.17) is 9.47 Å². The molecule has 144 valence electrons. The van der Waals surface area contributed by atoms with Crippen molar-refractivity contribution < 1.29 is 24.2 Å². The van der Waals surface area contributed by atoms with Crippen LogP contribution in [0.1, 0.15) is 38.7 Å². The monoisotopic (exact) mass is 371 g/mol. The van der Waals surface area contributed by atoms with Crippen LogP contribution in [0.5, 0.6) is 5.75 Å². The van der Waals surface area contributed by atoms with Gasteiger partial charge in [-0.05, 0) is 44.0 Å². The highest BCUT2D eigenvalue weighted by atomic mass is 16.6. The van der Waals surface area contributed by atoms with Crippen molar-refractivity contribution in [2.24, 2.45) is 0 Å². The number of carbonyl (C=O) groups is 2. The number of aliphatic carboxylic acids is 1. The second-order valence-electron chi connectivity index (χ2n) is 7.75. The summed E-state index contributed by atoms with van der Waals surface area (Å²) in [4.78, 5) is 26.0. The van der Waals surface area contributed by atoms with Crippen LogP contribution in [-0.4, -0.2) is 47.4 Å². The van der Waals surface area contributed by atoms with E-state index in [0.717, 1.165) is 16.3 Å². The maximum atomic E-state index is 12.6. The highest BCUT2D eigenvalue weighted by Crippen LogP contribution is 2.42. The number of nitrogens with zero attached hydrogens (tertiary/aromatic N) is 1. The molecule has 2 aromatic carbocycles. The Morgan fingerprint density at radius 1 is 1.15 bits per heavy atom. The molecule has 0 aliphatic carbocycles. The Bertz CT molecular complexity index is 870. The van der Waals surface area contributed by atoms with E-state index in [1.807, 2.05) is 36.4 Å². The van der Waals surface area contributed by atoms with Crippen LogP contribution in [0.4, 0.5) is 4.79 Å². The molecule has 27 heavy (non-hydrogen) atoms. The van der Waals surface area contributed by atoms with E-state index in [0.29, 0.717) is 18.7 Å². The van der Waals surface area contributed by atoms with Crippen molar-refractivity contribution in [1.29, 1.82) is 0 Å². The molecule has 2 atom stereocenters. The van der Waals surface area contributed by atoms with Gasteiger partial charge in [-0.1, -0.05) is 30.3 Å². The molecule has 2 aromatic rings. The predicted molar refractivity (Wildman–Crippen MR) is 102 cm³/mol. The Morgan fingerprint density at radius 3 is 2.48 bits per heavy atom. The summed E-state index contributed by atoms with van der Waals surface area (Å²) < 4.78 is 11.0. The van der Waals surface area contributed by atoms with Crippen LogP contribution in [0.25, 0.3) is 10.8 Å². The highest BCUT2D eigenvalue weighted by molar-refractivity contribution is 5.90. The van der Waals surface area contributed by atoms with E-state index in [1.54, 1.807) is 27.9 Å². The van der Waals surface area contributed by atoms with Gasteiger partial charge in [-0.2, -0.15) is 0 Å². The van der Waals surface area contributed by atoms with Crippen molar-refractivity contribution in [2.75, 3.05) is 13.7 Å². The van der Waals surface area contributed by atoms with E-state index in [-0.39, 0.29) is 5.92 Å². The number of fused-ring (bicyclic) bond motifs is 1. The summed E-state index contributed by atoms with van der Waals surface area (Å²) in [5, 5.41) is 11.9. The van der Waals surface area contributed by atoms with Crippen molar-refractivity contribution in [2.45, 2.75) is 44.8 Å². The molecule has 1 saturated heterocycles. The molecular formula is C21H25NO5. The number of hydrogen-bond acceptors (Lipinski definition) is 4. The highest BCUT2D eigenvalue weighted by Gasteiger charge is 2.45. The minimum Gasteiger partial charge on any atom is -0.496 e. The van der Waals surface area contributed by atoms with Crippen LogP contribution in [0.3, 0.4) is 0 Å². The van der Waals surface area contributed by atoms with Gasteiger partial charge in [0.1, 0.15) is 17.4 Å². The van der Waals surface area contributed by atoms with E-state index in [9.17, 15) is 14.7 Å². The molecule has 3 rings (SSSR count). The lowest BCUT2D eigenvalue weighted by Crippen LogP contribution is -2.45. The summed E-state index contributed by atoms with van der Waals surface area (Å²) in [7, 11) is 1.57. The Labute approximate surface area is 158 Å². The van der Waals surface area contributed by atoms with E-state index in [1.165, 1.54) is 4.90 Å². The topological polar surface area (TPSA) is 76.1 Å². The lowest BCUT2D eigenvalue weighted by molar-refractivity contribution is -0.142. The third kappa shape index (κ3) is 3.70. The maximum Gasteiger partial charge on any atom is 0.411 e. The molecule has 1 amide bonds. The number of methoxy groups -OCH3 is 1. The number of carboxylic acid groups (broad SMARTS) is 1. The summed E-state index contributed by atoms with van der Waals surface area (Å²) in [6, 6.07) is 10.6. The van der Waals surface area contributed by atoms with E-state index >= 15 is 0 Å². The quantitative estimate of drug-likeness (QED) is 0.882. The summed E-state index contributed by atoms with van der Waals surface area (Å²) in [5.41, 5.74) is 0.143. The van der Waals surface area contributed by atoms with Gasteiger partial charge in [0.15, 0.2) is 0 Å². The van der Waals surface area contributed by atoms with Gasteiger partial charge in [-0.15, -0.1) is 0 Å². The number of amides is 1. The van der Waals surface area contributed by atoms with Gasteiger partial charge in [0.05, 0.1) is 7.11 Å². The van der Waals surface area contributed by atoms with Gasteiger partial charge in [-0.3, -0.25) is 4.90 Å². The zero-order valence-electron chi connectivity index (χ0n) is 16.1. The molecule has 1 aliphatic heterocycles. The van der Waals surface area contributed by atoms with Gasteiger partial charge in [-0.25, -0.2) is 9.59 Å². The molecule has 0 radical (unpaired) electrons. The van der Waals surface area contributed by atoms with Crippen LogP contribution in [0.15, 0.2) is 36.4 Å². The van der Waals surface area contributed by atoms with Gasteiger partial charge in [0.25, 0.3) is 0 Å². The van der Waals surface area contributed by atoms with Crippen LogP contribution >= 0.6 is 0 Å². The van der Waals surface area contributed by atoms with Gasteiger partial charge < -0.3 is 14.6 Å². The number of ether oxygens (including phenoxy) is 2. The second kappa shape index (κ2) is 7.10. The van der Waals surface area contributed by atoms with E-state index in [2.05, 4.69) is 0 Å². The first-order chi connectivity index (χ1) is 12.7. The molecule has 0 bridgehead atoms. The summed E-state index contributed by atoms with van der Waals surface area (Å²) >= 11 is 0. The first kappa shape index (κ1) is 19.0. The molecule has 2 unspecified atom stereocenters. The zero-order valence-corrected chi connectivity index (χ0v) is 16.1. The SMILES string of the molecule is COc1ccc2ccccc2c1C1CCN(C(=O)OC(C)(C)C)C1C(=O)O. The van der Waals surface area contributed by atoms with Crippen LogP contribution in [-0.2, 0) is 9.53 Å². The fraction of sp³-hybridized carbons (Fsp3) is 0.429. The third-order valence-corrected chi connectivity index (χ3v) is 4.80. The van der Waals surface area contributed by atoms with Crippen molar-refractivity contribution in [3.05, 3.63) is 42.0 Å². The summed E-state index contributed by atoms with van der Waals surface area (Å²) in [6.07, 6.45) is -0.0720. The predicted octanol–water partition coefficient (Wildman–Crippen LogP) is 4.03. The molecule has 1 heterocycles. The third-order valence-electron chi connectivity index (χ3n) is 4.80. The lowest BCUT2D eigenvalue weighted by Gasteiger charge is -2.29. The average Bonchev–Trinajstić information content (AvgIpc) is 3.04. The van der Waals surface area contributed by atoms with Crippen molar-refractivity contribution in [3.8, 4) is 5.75 Å². The van der Waals surface area contributed by atoms with Crippen molar-refractivity contribution in [3.63, 3.8) is 0 Å². The van der Waals surface area contributed by atoms with Crippen LogP contribution < -0.4 is 4.74 Å². The number of rotatable bonds is 3. The number of benzene rings is 2. The lowest BCUT2D eigenvalue weighted by atomic mass is 9.87. The Hall–Kier alpha value is -2.76. The Kier molecular flexibility index (Phi) is 5.00. The Morgan fingerprint density at radius 2 is 1.85 bits per heavy atom. The summed E-state index contributed by atoms with van der Waals surface area (Å²) in [5.74, 6) is -0.787. The van der Waals surface area contributed by atoms with Crippen LogP contribution in [0.2, 0.25) is 0 Å². The van der Waals surface area contributed by atoms with E-state index < -0.39 is 23.7 Å². The first-order valence-corrected chi connectivity index (χ1v) is 9.01. The molecule has 6 nitrogen and oxygen atoms in total. The molecule has 6 heteroatoms. The number of likely N-dealkylation sites (tertiary alicyclic amines) is 1. The van der Waals surface area contributed by atoms with Crippen LogP contribution in [0, 0.1) is 0 Å². The first-order valence-electron chi connectivity index (χ1n) is 9.01. The molecule has 0 spiro atoms.